The predicted molar refractivity (Wildman–Crippen MR) is 77.3 cm³/mol. The van der Waals surface area contributed by atoms with Crippen LogP contribution >= 0.6 is 0 Å². The largest absolute Gasteiger partial charge is 0.441 e. The molecule has 1 unspecified atom stereocenters. The molecule has 0 N–H and O–H groups in total. The summed E-state index contributed by atoms with van der Waals surface area (Å²) in [5.41, 5.74) is 1.71. The van der Waals surface area contributed by atoms with Gasteiger partial charge in [0.1, 0.15) is 11.6 Å². The van der Waals surface area contributed by atoms with E-state index in [0.717, 1.165) is 43.2 Å². The van der Waals surface area contributed by atoms with Crippen LogP contribution in [0.15, 0.2) is 28.7 Å². The van der Waals surface area contributed by atoms with Gasteiger partial charge in [0.15, 0.2) is 0 Å². The molecule has 0 saturated carbocycles. The van der Waals surface area contributed by atoms with Crippen LogP contribution in [-0.2, 0) is 11.3 Å². The first-order chi connectivity index (χ1) is 10.1. The quantitative estimate of drug-likeness (QED) is 0.867. The van der Waals surface area contributed by atoms with Crippen molar-refractivity contribution in [3.8, 4) is 11.5 Å². The number of oxazole rings is 1. The standard InChI is InChI=1S/C16H19FN2O2/c1-11-15(9-19(2)14-7-8-20-10-14)18-16(21-11)12-3-5-13(17)6-4-12/h3-6,14H,7-10H2,1-2H3. The molecule has 1 aliphatic heterocycles. The number of benzene rings is 1. The SMILES string of the molecule is Cc1oc(-c2ccc(F)cc2)nc1CN(C)C1CCOC1. The van der Waals surface area contributed by atoms with Crippen molar-refractivity contribution < 1.29 is 13.5 Å². The molecule has 1 saturated heterocycles. The smallest absolute Gasteiger partial charge is 0.226 e. The van der Waals surface area contributed by atoms with Crippen molar-refractivity contribution in [2.75, 3.05) is 20.3 Å². The Hall–Kier alpha value is -1.72. The van der Waals surface area contributed by atoms with Crippen molar-refractivity contribution in [1.29, 1.82) is 0 Å². The van der Waals surface area contributed by atoms with E-state index < -0.39 is 0 Å². The molecule has 2 heterocycles. The highest BCUT2D eigenvalue weighted by atomic mass is 19.1. The van der Waals surface area contributed by atoms with Crippen molar-refractivity contribution in [2.24, 2.45) is 0 Å². The number of aryl methyl sites for hydroxylation is 1. The van der Waals surface area contributed by atoms with Gasteiger partial charge in [0.2, 0.25) is 5.89 Å². The monoisotopic (exact) mass is 290 g/mol. The van der Waals surface area contributed by atoms with Gasteiger partial charge in [0, 0.05) is 24.8 Å². The molecule has 21 heavy (non-hydrogen) atoms. The highest BCUT2D eigenvalue weighted by molar-refractivity contribution is 5.53. The van der Waals surface area contributed by atoms with Crippen molar-refractivity contribution in [3.63, 3.8) is 0 Å². The number of rotatable bonds is 4. The van der Waals surface area contributed by atoms with Crippen LogP contribution in [0.2, 0.25) is 0 Å². The summed E-state index contributed by atoms with van der Waals surface area (Å²) < 4.78 is 24.1. The fourth-order valence-electron chi connectivity index (χ4n) is 2.53. The maximum Gasteiger partial charge on any atom is 0.226 e. The molecule has 5 heteroatoms. The molecule has 1 aromatic heterocycles. The number of halogens is 1. The first kappa shape index (κ1) is 14.2. The molecular formula is C16H19FN2O2. The minimum atomic E-state index is -0.261. The number of hydrogen-bond donors (Lipinski definition) is 0. The molecule has 1 atom stereocenters. The van der Waals surface area contributed by atoms with Gasteiger partial charge in [-0.05, 0) is 44.7 Å². The van der Waals surface area contributed by atoms with Crippen molar-refractivity contribution >= 4 is 0 Å². The van der Waals surface area contributed by atoms with E-state index in [2.05, 4.69) is 16.9 Å². The Morgan fingerprint density at radius 3 is 2.76 bits per heavy atom. The fraction of sp³-hybridized carbons (Fsp3) is 0.438. The van der Waals surface area contributed by atoms with Gasteiger partial charge in [-0.15, -0.1) is 0 Å². The summed E-state index contributed by atoms with van der Waals surface area (Å²) in [5.74, 6) is 1.09. The Kier molecular flexibility index (Phi) is 4.03. The van der Waals surface area contributed by atoms with Crippen molar-refractivity contribution in [1.82, 2.24) is 9.88 Å². The lowest BCUT2D eigenvalue weighted by Gasteiger charge is -2.21. The van der Waals surface area contributed by atoms with E-state index in [1.165, 1.54) is 12.1 Å². The molecule has 0 spiro atoms. The second-order valence-corrected chi connectivity index (χ2v) is 5.46. The van der Waals surface area contributed by atoms with E-state index in [1.54, 1.807) is 12.1 Å². The third-order valence-corrected chi connectivity index (χ3v) is 3.91. The Balaban J connectivity index is 1.76. The summed E-state index contributed by atoms with van der Waals surface area (Å²) in [6.45, 7) is 4.24. The van der Waals surface area contributed by atoms with Crippen molar-refractivity contribution in [2.45, 2.75) is 25.9 Å². The molecular weight excluding hydrogens is 271 g/mol. The maximum atomic E-state index is 13.0. The van der Waals surface area contributed by atoms with E-state index >= 15 is 0 Å². The molecule has 0 aliphatic carbocycles. The molecule has 2 aromatic rings. The molecule has 0 radical (unpaired) electrons. The zero-order valence-corrected chi connectivity index (χ0v) is 12.3. The zero-order valence-electron chi connectivity index (χ0n) is 12.3. The van der Waals surface area contributed by atoms with Crippen LogP contribution in [0.5, 0.6) is 0 Å². The number of hydrogen-bond acceptors (Lipinski definition) is 4. The lowest BCUT2D eigenvalue weighted by molar-refractivity contribution is 0.155. The Morgan fingerprint density at radius 1 is 1.33 bits per heavy atom. The lowest BCUT2D eigenvalue weighted by Crippen LogP contribution is -2.31. The Labute approximate surface area is 123 Å². The van der Waals surface area contributed by atoms with Gasteiger partial charge in [-0.3, -0.25) is 4.90 Å². The van der Waals surface area contributed by atoms with Gasteiger partial charge < -0.3 is 9.15 Å². The minimum absolute atomic E-state index is 0.261. The van der Waals surface area contributed by atoms with Gasteiger partial charge in [-0.2, -0.15) is 0 Å². The first-order valence-corrected chi connectivity index (χ1v) is 7.13. The first-order valence-electron chi connectivity index (χ1n) is 7.13. The summed E-state index contributed by atoms with van der Waals surface area (Å²) in [7, 11) is 2.07. The Morgan fingerprint density at radius 2 is 2.10 bits per heavy atom. The fourth-order valence-corrected chi connectivity index (χ4v) is 2.53. The second kappa shape index (κ2) is 5.95. The highest BCUT2D eigenvalue weighted by Gasteiger charge is 2.22. The van der Waals surface area contributed by atoms with Crippen LogP contribution < -0.4 is 0 Å². The molecule has 1 aromatic carbocycles. The van der Waals surface area contributed by atoms with Crippen LogP contribution in [0.4, 0.5) is 4.39 Å². The lowest BCUT2D eigenvalue weighted by atomic mass is 10.2. The summed E-state index contributed by atoms with van der Waals surface area (Å²) in [6.07, 6.45) is 1.05. The maximum absolute atomic E-state index is 13.0. The van der Waals surface area contributed by atoms with Crippen molar-refractivity contribution in [3.05, 3.63) is 41.5 Å². The molecule has 112 valence electrons. The zero-order chi connectivity index (χ0) is 14.8. The average Bonchev–Trinajstić information content (AvgIpc) is 3.10. The van der Waals surface area contributed by atoms with Crippen LogP contribution in [0.1, 0.15) is 17.9 Å². The van der Waals surface area contributed by atoms with Crippen LogP contribution in [-0.4, -0.2) is 36.2 Å². The second-order valence-electron chi connectivity index (χ2n) is 5.46. The summed E-state index contributed by atoms with van der Waals surface area (Å²) in [6, 6.07) is 6.63. The summed E-state index contributed by atoms with van der Waals surface area (Å²) in [5, 5.41) is 0. The number of aromatic nitrogens is 1. The van der Waals surface area contributed by atoms with Gasteiger partial charge in [-0.1, -0.05) is 0 Å². The number of likely N-dealkylation sites (N-methyl/N-ethyl adjacent to an activating group) is 1. The minimum Gasteiger partial charge on any atom is -0.441 e. The normalized spacial score (nSPS) is 18.6. The van der Waals surface area contributed by atoms with Crippen LogP contribution in [0.3, 0.4) is 0 Å². The third-order valence-electron chi connectivity index (χ3n) is 3.91. The molecule has 1 fully saturated rings. The summed E-state index contributed by atoms with van der Waals surface area (Å²) in [4.78, 5) is 6.79. The predicted octanol–water partition coefficient (Wildman–Crippen LogP) is 3.01. The summed E-state index contributed by atoms with van der Waals surface area (Å²) >= 11 is 0. The van der Waals surface area contributed by atoms with Crippen LogP contribution in [0.25, 0.3) is 11.5 Å². The number of ether oxygens (including phenoxy) is 1. The van der Waals surface area contributed by atoms with E-state index in [0.29, 0.717) is 11.9 Å². The van der Waals surface area contributed by atoms with Gasteiger partial charge in [0.05, 0.1) is 12.3 Å². The van der Waals surface area contributed by atoms with E-state index in [9.17, 15) is 4.39 Å². The van der Waals surface area contributed by atoms with Gasteiger partial charge >= 0.3 is 0 Å². The van der Waals surface area contributed by atoms with Gasteiger partial charge in [-0.25, -0.2) is 9.37 Å². The van der Waals surface area contributed by atoms with E-state index in [4.69, 9.17) is 9.15 Å². The Bertz CT molecular complexity index is 603. The van der Waals surface area contributed by atoms with E-state index in [-0.39, 0.29) is 5.82 Å². The third kappa shape index (κ3) is 3.14. The molecule has 4 nitrogen and oxygen atoms in total. The molecule has 0 amide bonds. The van der Waals surface area contributed by atoms with Crippen LogP contribution in [0, 0.1) is 12.7 Å². The topological polar surface area (TPSA) is 38.5 Å². The molecule has 1 aliphatic rings. The average molecular weight is 290 g/mol. The molecule has 0 bridgehead atoms. The highest BCUT2D eigenvalue weighted by Crippen LogP contribution is 2.23. The molecule has 3 rings (SSSR count). The number of nitrogens with zero attached hydrogens (tertiary/aromatic N) is 2. The van der Waals surface area contributed by atoms with E-state index in [1.807, 2.05) is 6.92 Å². The van der Waals surface area contributed by atoms with Gasteiger partial charge in [0.25, 0.3) is 0 Å².